The molecular formula is C30H32N4O3. The number of piperidine rings is 1. The Labute approximate surface area is 216 Å². The average Bonchev–Trinajstić information content (AvgIpc) is 3.32. The number of aromatic amines is 1. The van der Waals surface area contributed by atoms with Crippen LogP contribution < -0.4 is 0 Å². The van der Waals surface area contributed by atoms with Crippen LogP contribution in [-0.4, -0.2) is 50.4 Å². The number of rotatable bonds is 5. The molecule has 0 spiro atoms. The Morgan fingerprint density at radius 2 is 1.76 bits per heavy atom. The molecule has 4 aromatic rings. The maximum atomic E-state index is 13.2. The first-order valence-corrected chi connectivity index (χ1v) is 12.8. The van der Waals surface area contributed by atoms with Crippen molar-refractivity contribution in [3.63, 3.8) is 0 Å². The molecule has 0 unspecified atom stereocenters. The van der Waals surface area contributed by atoms with Crippen molar-refractivity contribution < 1.29 is 14.3 Å². The smallest absolute Gasteiger partial charge is 0.306 e. The second-order valence-electron chi connectivity index (χ2n) is 10.6. The third-order valence-electron chi connectivity index (χ3n) is 6.60. The molecular weight excluding hydrogens is 464 g/mol. The molecule has 0 radical (unpaired) electrons. The monoisotopic (exact) mass is 496 g/mol. The van der Waals surface area contributed by atoms with E-state index in [1.165, 1.54) is 0 Å². The minimum absolute atomic E-state index is 0.0837. The Bertz CT molecular complexity index is 1410. The summed E-state index contributed by atoms with van der Waals surface area (Å²) in [6.07, 6.45) is 3.74. The Balaban J connectivity index is 1.26. The zero-order valence-corrected chi connectivity index (χ0v) is 21.5. The molecule has 1 aliphatic rings. The number of nitrogens with one attached hydrogen (secondary N) is 1. The Morgan fingerprint density at radius 1 is 1.00 bits per heavy atom. The summed E-state index contributed by atoms with van der Waals surface area (Å²) in [5.74, 6) is -0.0201. The van der Waals surface area contributed by atoms with Crippen LogP contribution in [0.3, 0.4) is 0 Å². The van der Waals surface area contributed by atoms with Crippen molar-refractivity contribution >= 4 is 22.9 Å². The van der Waals surface area contributed by atoms with E-state index in [2.05, 4.69) is 33.2 Å². The number of hydrogen-bond acceptors (Lipinski definition) is 5. The van der Waals surface area contributed by atoms with Crippen molar-refractivity contribution in [2.75, 3.05) is 13.1 Å². The van der Waals surface area contributed by atoms with Gasteiger partial charge in [0.25, 0.3) is 5.91 Å². The standard InChI is InChI=1S/C30H32N4O3/c1-30(2,3)37-27(35)16-20-12-14-34(15-13-20)29(36)25-11-7-10-24(32-25)23-17-22-18-26(33-28(22)31-19-23)21-8-5-4-6-9-21/h4-11,17-20H,12-16H2,1-3H3,(H,31,33). The van der Waals surface area contributed by atoms with Crippen LogP contribution in [-0.2, 0) is 9.53 Å². The number of aromatic nitrogens is 3. The highest BCUT2D eigenvalue weighted by molar-refractivity contribution is 5.93. The van der Waals surface area contributed by atoms with E-state index < -0.39 is 5.60 Å². The lowest BCUT2D eigenvalue weighted by Gasteiger charge is -2.32. The highest BCUT2D eigenvalue weighted by atomic mass is 16.6. The molecule has 5 rings (SSSR count). The maximum absolute atomic E-state index is 13.2. The van der Waals surface area contributed by atoms with E-state index in [4.69, 9.17) is 4.74 Å². The molecule has 1 N–H and O–H groups in total. The fourth-order valence-corrected chi connectivity index (χ4v) is 4.76. The lowest BCUT2D eigenvalue weighted by atomic mass is 9.93. The second kappa shape index (κ2) is 10.2. The van der Waals surface area contributed by atoms with Gasteiger partial charge in [-0.25, -0.2) is 9.97 Å². The molecule has 1 saturated heterocycles. The van der Waals surface area contributed by atoms with Gasteiger partial charge < -0.3 is 14.6 Å². The molecule has 0 bridgehead atoms. The summed E-state index contributed by atoms with van der Waals surface area (Å²) in [4.78, 5) is 39.9. The lowest BCUT2D eigenvalue weighted by molar-refractivity contribution is -0.156. The molecule has 7 nitrogen and oxygen atoms in total. The Morgan fingerprint density at radius 3 is 2.49 bits per heavy atom. The minimum atomic E-state index is -0.476. The summed E-state index contributed by atoms with van der Waals surface area (Å²) in [7, 11) is 0. The number of esters is 1. The van der Waals surface area contributed by atoms with Crippen LogP contribution in [0.25, 0.3) is 33.5 Å². The van der Waals surface area contributed by atoms with Crippen molar-refractivity contribution in [1.82, 2.24) is 19.9 Å². The van der Waals surface area contributed by atoms with Gasteiger partial charge in [0.15, 0.2) is 0 Å². The predicted molar refractivity (Wildman–Crippen MR) is 144 cm³/mol. The lowest BCUT2D eigenvalue weighted by Crippen LogP contribution is -2.39. The molecule has 1 amide bonds. The van der Waals surface area contributed by atoms with Gasteiger partial charge in [0.1, 0.15) is 16.9 Å². The molecule has 4 heterocycles. The topological polar surface area (TPSA) is 88.2 Å². The third kappa shape index (κ3) is 5.88. The van der Waals surface area contributed by atoms with E-state index in [1.54, 1.807) is 12.3 Å². The molecule has 1 aromatic carbocycles. The van der Waals surface area contributed by atoms with Crippen LogP contribution in [0, 0.1) is 5.92 Å². The maximum Gasteiger partial charge on any atom is 0.306 e. The molecule has 0 aliphatic carbocycles. The average molecular weight is 497 g/mol. The first-order valence-electron chi connectivity index (χ1n) is 12.8. The van der Waals surface area contributed by atoms with Gasteiger partial charge in [0.2, 0.25) is 0 Å². The fraction of sp³-hybridized carbons (Fsp3) is 0.333. The van der Waals surface area contributed by atoms with E-state index in [1.807, 2.05) is 62.1 Å². The molecule has 1 fully saturated rings. The summed E-state index contributed by atoms with van der Waals surface area (Å²) >= 11 is 0. The summed E-state index contributed by atoms with van der Waals surface area (Å²) < 4.78 is 5.45. The molecule has 37 heavy (non-hydrogen) atoms. The first-order chi connectivity index (χ1) is 17.7. The molecule has 3 aromatic heterocycles. The summed E-state index contributed by atoms with van der Waals surface area (Å²) in [5, 5.41) is 0.988. The van der Waals surface area contributed by atoms with Gasteiger partial charge in [-0.3, -0.25) is 9.59 Å². The number of benzene rings is 1. The summed E-state index contributed by atoms with van der Waals surface area (Å²) in [6.45, 7) is 6.85. The molecule has 7 heteroatoms. The van der Waals surface area contributed by atoms with Crippen LogP contribution in [0.5, 0.6) is 0 Å². The third-order valence-corrected chi connectivity index (χ3v) is 6.60. The molecule has 0 atom stereocenters. The van der Waals surface area contributed by atoms with Gasteiger partial charge in [0, 0.05) is 42.4 Å². The minimum Gasteiger partial charge on any atom is -0.460 e. The predicted octanol–water partition coefficient (Wildman–Crippen LogP) is 5.88. The Kier molecular flexibility index (Phi) is 6.78. The molecule has 1 aliphatic heterocycles. The van der Waals surface area contributed by atoms with Gasteiger partial charge in [-0.05, 0) is 69.4 Å². The van der Waals surface area contributed by atoms with Crippen molar-refractivity contribution in [2.24, 2.45) is 5.92 Å². The number of pyridine rings is 2. The van der Waals surface area contributed by atoms with E-state index in [-0.39, 0.29) is 17.8 Å². The number of fused-ring (bicyclic) bond motifs is 1. The van der Waals surface area contributed by atoms with E-state index in [0.29, 0.717) is 30.9 Å². The number of H-pyrrole nitrogens is 1. The van der Waals surface area contributed by atoms with Gasteiger partial charge in [0.05, 0.1) is 5.69 Å². The normalized spacial score (nSPS) is 14.6. The molecule has 0 saturated carbocycles. The van der Waals surface area contributed by atoms with Crippen LogP contribution in [0.2, 0.25) is 0 Å². The van der Waals surface area contributed by atoms with Crippen LogP contribution in [0.1, 0.15) is 50.5 Å². The fourth-order valence-electron chi connectivity index (χ4n) is 4.76. The van der Waals surface area contributed by atoms with Crippen molar-refractivity contribution in [1.29, 1.82) is 0 Å². The quantitative estimate of drug-likeness (QED) is 0.349. The Hall–Kier alpha value is -4.00. The number of nitrogens with zero attached hydrogens (tertiary/aromatic N) is 3. The van der Waals surface area contributed by atoms with E-state index in [0.717, 1.165) is 40.7 Å². The summed E-state index contributed by atoms with van der Waals surface area (Å²) in [6, 6.07) is 19.8. The van der Waals surface area contributed by atoms with E-state index in [9.17, 15) is 9.59 Å². The van der Waals surface area contributed by atoms with Crippen LogP contribution >= 0.6 is 0 Å². The van der Waals surface area contributed by atoms with Crippen LogP contribution in [0.4, 0.5) is 0 Å². The van der Waals surface area contributed by atoms with Gasteiger partial charge in [-0.1, -0.05) is 36.4 Å². The highest BCUT2D eigenvalue weighted by Gasteiger charge is 2.27. The molecule has 190 valence electrons. The van der Waals surface area contributed by atoms with Crippen molar-refractivity contribution in [3.05, 3.63) is 72.6 Å². The highest BCUT2D eigenvalue weighted by Crippen LogP contribution is 2.27. The first kappa shape index (κ1) is 24.7. The zero-order valence-electron chi connectivity index (χ0n) is 21.5. The summed E-state index contributed by atoms with van der Waals surface area (Å²) in [5.41, 5.74) is 4.43. The van der Waals surface area contributed by atoms with Gasteiger partial charge in [-0.2, -0.15) is 0 Å². The van der Waals surface area contributed by atoms with Gasteiger partial charge in [-0.15, -0.1) is 0 Å². The van der Waals surface area contributed by atoms with Crippen molar-refractivity contribution in [2.45, 2.75) is 45.6 Å². The second-order valence-corrected chi connectivity index (χ2v) is 10.6. The number of likely N-dealkylation sites (tertiary alicyclic amines) is 1. The number of amides is 1. The number of ether oxygens (including phenoxy) is 1. The number of carbonyl (C=O) groups excluding carboxylic acids is 2. The largest absolute Gasteiger partial charge is 0.460 e. The number of carbonyl (C=O) groups is 2. The van der Waals surface area contributed by atoms with Crippen molar-refractivity contribution in [3.8, 4) is 22.5 Å². The van der Waals surface area contributed by atoms with E-state index >= 15 is 0 Å². The van der Waals surface area contributed by atoms with Gasteiger partial charge >= 0.3 is 5.97 Å². The zero-order chi connectivity index (χ0) is 26.0. The SMILES string of the molecule is CC(C)(C)OC(=O)CC1CCN(C(=O)c2cccc(-c3cnc4[nH]c(-c5ccccc5)cc4c3)n2)CC1. The van der Waals surface area contributed by atoms with Crippen LogP contribution in [0.15, 0.2) is 66.9 Å². The number of hydrogen-bond donors (Lipinski definition) is 1.